The summed E-state index contributed by atoms with van der Waals surface area (Å²) in [6, 6.07) is 4.73. The van der Waals surface area contributed by atoms with Crippen LogP contribution in [-0.2, 0) is 14.4 Å². The fourth-order valence-electron chi connectivity index (χ4n) is 2.48. The fraction of sp³-hybridized carbons (Fsp3) is 0.438. The highest BCUT2D eigenvalue weighted by Crippen LogP contribution is 2.29. The fourth-order valence-corrected chi connectivity index (χ4v) is 3.37. The summed E-state index contributed by atoms with van der Waals surface area (Å²) in [4.78, 5) is 34.8. The van der Waals surface area contributed by atoms with Gasteiger partial charge >= 0.3 is 0 Å². The van der Waals surface area contributed by atoms with Crippen LogP contribution in [-0.4, -0.2) is 49.2 Å². The third kappa shape index (κ3) is 5.81. The largest absolute Gasteiger partial charge is 0.493 e. The summed E-state index contributed by atoms with van der Waals surface area (Å²) < 4.78 is 10.3. The number of hydrogen-bond donors (Lipinski definition) is 4. The molecule has 1 aliphatic rings. The highest BCUT2D eigenvalue weighted by molar-refractivity contribution is 8.00. The number of nitrogens with two attached hydrogens (primary N) is 1. The van der Waals surface area contributed by atoms with E-state index in [0.717, 1.165) is 0 Å². The number of thioether (sulfide) groups is 1. The lowest BCUT2D eigenvalue weighted by Crippen LogP contribution is -2.55. The molecule has 1 aromatic rings. The van der Waals surface area contributed by atoms with Crippen LogP contribution in [0.4, 0.5) is 5.69 Å². The SMILES string of the molecule is COc1ccc(NC(=O)CSC2NC(=O)CC(CC(N)=O)N2)cc1OC. The molecular weight excluding hydrogens is 360 g/mol. The van der Waals surface area contributed by atoms with Gasteiger partial charge < -0.3 is 25.8 Å². The topological polar surface area (TPSA) is 132 Å². The molecular formula is C16H22N4O5S. The molecule has 0 radical (unpaired) electrons. The van der Waals surface area contributed by atoms with Crippen LogP contribution in [0.3, 0.4) is 0 Å². The van der Waals surface area contributed by atoms with Crippen LogP contribution in [0.1, 0.15) is 12.8 Å². The summed E-state index contributed by atoms with van der Waals surface area (Å²) in [7, 11) is 3.04. The molecule has 1 fully saturated rings. The Morgan fingerprint density at radius 1 is 1.31 bits per heavy atom. The lowest BCUT2D eigenvalue weighted by atomic mass is 10.1. The standard InChI is InChI=1S/C16H22N4O5S/c1-24-11-4-3-9(5-12(11)25-2)18-15(23)8-26-16-19-10(6-13(17)21)7-14(22)20-16/h3-5,10,16,19H,6-8H2,1-2H3,(H2,17,21)(H,18,23)(H,20,22). The quantitative estimate of drug-likeness (QED) is 0.498. The molecule has 0 aromatic heterocycles. The van der Waals surface area contributed by atoms with E-state index in [-0.39, 0.29) is 36.5 Å². The second-order valence-corrected chi connectivity index (χ2v) is 6.71. The third-order valence-corrected chi connectivity index (χ3v) is 4.62. The Bertz CT molecular complexity index is 683. The maximum atomic E-state index is 12.1. The molecule has 0 spiro atoms. The van der Waals surface area contributed by atoms with Crippen LogP contribution in [0.15, 0.2) is 18.2 Å². The molecule has 1 aliphatic heterocycles. The molecule has 0 aliphatic carbocycles. The van der Waals surface area contributed by atoms with Gasteiger partial charge in [-0.15, -0.1) is 11.8 Å². The molecule has 1 saturated heterocycles. The average molecular weight is 382 g/mol. The number of amides is 3. The van der Waals surface area contributed by atoms with E-state index in [1.165, 1.54) is 26.0 Å². The smallest absolute Gasteiger partial charge is 0.234 e. The van der Waals surface area contributed by atoms with Crippen molar-refractivity contribution in [1.82, 2.24) is 10.6 Å². The van der Waals surface area contributed by atoms with Crippen molar-refractivity contribution in [2.75, 3.05) is 25.3 Å². The predicted octanol–water partition coefficient (Wildman–Crippen LogP) is 0.0126. The minimum atomic E-state index is -0.479. The molecule has 26 heavy (non-hydrogen) atoms. The summed E-state index contributed by atoms with van der Waals surface area (Å²) in [5, 5.41) is 8.55. The molecule has 5 N–H and O–H groups in total. The number of hydrogen-bond acceptors (Lipinski definition) is 7. The maximum Gasteiger partial charge on any atom is 0.234 e. The van der Waals surface area contributed by atoms with Crippen molar-refractivity contribution in [3.05, 3.63) is 18.2 Å². The van der Waals surface area contributed by atoms with E-state index in [1.54, 1.807) is 18.2 Å². The van der Waals surface area contributed by atoms with E-state index < -0.39 is 11.4 Å². The molecule has 0 saturated carbocycles. The van der Waals surface area contributed by atoms with E-state index in [4.69, 9.17) is 15.2 Å². The molecule has 1 aromatic carbocycles. The van der Waals surface area contributed by atoms with Gasteiger partial charge in [-0.2, -0.15) is 0 Å². The lowest BCUT2D eigenvalue weighted by Gasteiger charge is -2.30. The molecule has 1 heterocycles. The Hall–Kier alpha value is -2.46. The number of anilines is 1. The normalized spacial score (nSPS) is 19.4. The van der Waals surface area contributed by atoms with Gasteiger partial charge in [0.05, 0.1) is 20.0 Å². The molecule has 142 valence electrons. The number of rotatable bonds is 8. The van der Waals surface area contributed by atoms with Gasteiger partial charge in [0.2, 0.25) is 17.7 Å². The number of primary amides is 1. The van der Waals surface area contributed by atoms with Crippen molar-refractivity contribution in [3.8, 4) is 11.5 Å². The van der Waals surface area contributed by atoms with Gasteiger partial charge in [0.1, 0.15) is 5.50 Å². The lowest BCUT2D eigenvalue weighted by molar-refractivity contribution is -0.124. The Morgan fingerprint density at radius 3 is 2.69 bits per heavy atom. The zero-order valence-electron chi connectivity index (χ0n) is 14.5. The number of benzene rings is 1. The number of nitrogens with one attached hydrogen (secondary N) is 3. The molecule has 2 rings (SSSR count). The van der Waals surface area contributed by atoms with Crippen LogP contribution in [0.2, 0.25) is 0 Å². The van der Waals surface area contributed by atoms with Gasteiger partial charge in [-0.3, -0.25) is 19.7 Å². The maximum absolute atomic E-state index is 12.1. The Morgan fingerprint density at radius 2 is 2.04 bits per heavy atom. The zero-order valence-corrected chi connectivity index (χ0v) is 15.4. The van der Waals surface area contributed by atoms with Crippen LogP contribution in [0, 0.1) is 0 Å². The monoisotopic (exact) mass is 382 g/mol. The number of carbonyl (C=O) groups is 3. The number of methoxy groups -OCH3 is 2. The highest BCUT2D eigenvalue weighted by Gasteiger charge is 2.27. The summed E-state index contributed by atoms with van der Waals surface area (Å²) >= 11 is 1.21. The van der Waals surface area contributed by atoms with Crippen LogP contribution < -0.4 is 31.2 Å². The van der Waals surface area contributed by atoms with Crippen LogP contribution in [0.5, 0.6) is 11.5 Å². The Kier molecular flexibility index (Phi) is 7.10. The molecule has 2 unspecified atom stereocenters. The van der Waals surface area contributed by atoms with Crippen LogP contribution in [0.25, 0.3) is 0 Å². The first-order valence-electron chi connectivity index (χ1n) is 7.88. The average Bonchev–Trinajstić information content (AvgIpc) is 2.58. The second kappa shape index (κ2) is 9.30. The van der Waals surface area contributed by atoms with E-state index in [9.17, 15) is 14.4 Å². The summed E-state index contributed by atoms with van der Waals surface area (Å²) in [6.45, 7) is 0. The first-order chi connectivity index (χ1) is 12.4. The van der Waals surface area contributed by atoms with Gasteiger partial charge in [0.15, 0.2) is 11.5 Å². The highest BCUT2D eigenvalue weighted by atomic mass is 32.2. The van der Waals surface area contributed by atoms with Crippen molar-refractivity contribution < 1.29 is 23.9 Å². The van der Waals surface area contributed by atoms with E-state index in [0.29, 0.717) is 17.2 Å². The van der Waals surface area contributed by atoms with Gasteiger partial charge in [0, 0.05) is 30.6 Å². The predicted molar refractivity (Wildman–Crippen MR) is 97.9 cm³/mol. The Balaban J connectivity index is 1.86. The molecule has 2 atom stereocenters. The van der Waals surface area contributed by atoms with Crippen molar-refractivity contribution in [3.63, 3.8) is 0 Å². The summed E-state index contributed by atoms with van der Waals surface area (Å²) in [5.74, 6) is 0.272. The van der Waals surface area contributed by atoms with Gasteiger partial charge in [-0.05, 0) is 12.1 Å². The molecule has 9 nitrogen and oxygen atoms in total. The van der Waals surface area contributed by atoms with E-state index in [1.807, 2.05) is 0 Å². The van der Waals surface area contributed by atoms with Gasteiger partial charge in [0.25, 0.3) is 0 Å². The Labute approximate surface area is 155 Å². The van der Waals surface area contributed by atoms with Crippen molar-refractivity contribution in [2.24, 2.45) is 5.73 Å². The first-order valence-corrected chi connectivity index (χ1v) is 8.93. The van der Waals surface area contributed by atoms with Crippen molar-refractivity contribution in [2.45, 2.75) is 24.4 Å². The van der Waals surface area contributed by atoms with Crippen molar-refractivity contribution >= 4 is 35.2 Å². The number of ether oxygens (including phenoxy) is 2. The molecule has 0 bridgehead atoms. The second-order valence-electron chi connectivity index (χ2n) is 5.61. The molecule has 3 amide bonds. The van der Waals surface area contributed by atoms with Crippen LogP contribution >= 0.6 is 11.8 Å². The summed E-state index contributed by atoms with van der Waals surface area (Å²) in [5.41, 5.74) is 5.27. The van der Waals surface area contributed by atoms with Crippen molar-refractivity contribution in [1.29, 1.82) is 0 Å². The zero-order chi connectivity index (χ0) is 19.1. The van der Waals surface area contributed by atoms with Gasteiger partial charge in [-0.1, -0.05) is 0 Å². The minimum Gasteiger partial charge on any atom is -0.493 e. The minimum absolute atomic E-state index is 0.0717. The van der Waals surface area contributed by atoms with E-state index in [2.05, 4.69) is 16.0 Å². The first kappa shape index (κ1) is 19.9. The summed E-state index contributed by atoms with van der Waals surface area (Å²) in [6.07, 6.45) is 0.250. The number of carbonyl (C=O) groups excluding carboxylic acids is 3. The van der Waals surface area contributed by atoms with E-state index >= 15 is 0 Å². The molecule has 10 heteroatoms. The third-order valence-electron chi connectivity index (χ3n) is 3.61. The van der Waals surface area contributed by atoms with Gasteiger partial charge in [-0.25, -0.2) is 0 Å².